The van der Waals surface area contributed by atoms with Crippen LogP contribution in [-0.2, 0) is 6.54 Å². The Morgan fingerprint density at radius 2 is 1.96 bits per heavy atom. The Hall–Kier alpha value is -1.64. The van der Waals surface area contributed by atoms with Crippen LogP contribution in [0.15, 0.2) is 33.8 Å². The van der Waals surface area contributed by atoms with Crippen LogP contribution in [0.1, 0.15) is 35.4 Å². The molecule has 2 rings (SSSR count). The Bertz CT molecular complexity index is 680. The molecule has 0 fully saturated rings. The van der Waals surface area contributed by atoms with Crippen molar-refractivity contribution in [1.29, 1.82) is 0 Å². The average Bonchev–Trinajstić information content (AvgIpc) is 2.89. The molecule has 0 aliphatic heterocycles. The Morgan fingerprint density at radius 3 is 2.48 bits per heavy atom. The van der Waals surface area contributed by atoms with Gasteiger partial charge in [0.1, 0.15) is 11.6 Å². The van der Waals surface area contributed by atoms with Gasteiger partial charge in [0.25, 0.3) is 0 Å². The normalized spacial score (nSPS) is 12.5. The molecule has 0 aliphatic rings. The molecule has 0 saturated heterocycles. The van der Waals surface area contributed by atoms with E-state index >= 15 is 0 Å². The molecule has 25 heavy (non-hydrogen) atoms. The minimum atomic E-state index is -0.225. The molecule has 1 aromatic heterocycles. The second kappa shape index (κ2) is 9.74. The molecule has 5 nitrogen and oxygen atoms in total. The number of nitrogens with one attached hydrogen (secondary N) is 1. The number of hydrogen-bond acceptors (Lipinski definition) is 3. The standard InChI is InChI=1S/C18H25FN4O.HI/c1-12(17-13(2)22-24-14(17)3)10-21-18(20-4)23(5)11-15-6-8-16(19)9-7-15;/h6-9,12H,10-11H2,1-5H3,(H,20,21);1H. The third-order valence-corrected chi connectivity index (χ3v) is 4.05. The van der Waals surface area contributed by atoms with Crippen molar-refractivity contribution in [2.24, 2.45) is 4.99 Å². The zero-order valence-corrected chi connectivity index (χ0v) is 17.7. The minimum Gasteiger partial charge on any atom is -0.361 e. The number of aryl methyl sites for hydroxylation is 2. The Kier molecular flexibility index (Phi) is 8.34. The van der Waals surface area contributed by atoms with Crippen LogP contribution in [0.2, 0.25) is 0 Å². The number of hydrogen-bond donors (Lipinski definition) is 1. The van der Waals surface area contributed by atoms with Gasteiger partial charge < -0.3 is 14.7 Å². The van der Waals surface area contributed by atoms with Gasteiger partial charge in [-0.1, -0.05) is 24.2 Å². The molecule has 1 N–H and O–H groups in total. The van der Waals surface area contributed by atoms with Crippen LogP contribution < -0.4 is 5.32 Å². The van der Waals surface area contributed by atoms with E-state index in [1.807, 2.05) is 25.8 Å². The molecule has 2 aromatic rings. The lowest BCUT2D eigenvalue weighted by Crippen LogP contribution is -2.40. The lowest BCUT2D eigenvalue weighted by Gasteiger charge is -2.23. The lowest BCUT2D eigenvalue weighted by molar-refractivity contribution is 0.391. The zero-order chi connectivity index (χ0) is 17.7. The molecule has 1 heterocycles. The predicted octanol–water partition coefficient (Wildman–Crippen LogP) is 3.86. The Labute approximate surface area is 165 Å². The molecule has 1 aromatic carbocycles. The molecule has 1 atom stereocenters. The maximum atomic E-state index is 13.0. The number of aliphatic imine (C=N–C) groups is 1. The molecule has 0 saturated carbocycles. The largest absolute Gasteiger partial charge is 0.361 e. The van der Waals surface area contributed by atoms with Crippen molar-refractivity contribution in [2.75, 3.05) is 20.6 Å². The molecule has 0 bridgehead atoms. The first-order valence-electron chi connectivity index (χ1n) is 8.01. The highest BCUT2D eigenvalue weighted by molar-refractivity contribution is 14.0. The number of benzene rings is 1. The third-order valence-electron chi connectivity index (χ3n) is 4.05. The van der Waals surface area contributed by atoms with Crippen molar-refractivity contribution < 1.29 is 8.91 Å². The zero-order valence-electron chi connectivity index (χ0n) is 15.3. The fourth-order valence-corrected chi connectivity index (χ4v) is 2.86. The van der Waals surface area contributed by atoms with Crippen LogP contribution in [0.3, 0.4) is 0 Å². The van der Waals surface area contributed by atoms with Crippen molar-refractivity contribution >= 4 is 29.9 Å². The fourth-order valence-electron chi connectivity index (χ4n) is 2.86. The van der Waals surface area contributed by atoms with Gasteiger partial charge in [-0.05, 0) is 31.5 Å². The van der Waals surface area contributed by atoms with Gasteiger partial charge in [0.2, 0.25) is 0 Å². The molecule has 7 heteroatoms. The van der Waals surface area contributed by atoms with Crippen molar-refractivity contribution in [3.63, 3.8) is 0 Å². The first kappa shape index (κ1) is 21.4. The van der Waals surface area contributed by atoms with Crippen LogP contribution in [0.5, 0.6) is 0 Å². The summed E-state index contributed by atoms with van der Waals surface area (Å²) in [5.41, 5.74) is 3.09. The van der Waals surface area contributed by atoms with Crippen molar-refractivity contribution in [2.45, 2.75) is 33.2 Å². The molecule has 0 radical (unpaired) electrons. The van der Waals surface area contributed by atoms with Gasteiger partial charge in [-0.15, -0.1) is 24.0 Å². The van der Waals surface area contributed by atoms with Gasteiger partial charge in [-0.2, -0.15) is 0 Å². The van der Waals surface area contributed by atoms with E-state index in [-0.39, 0.29) is 35.7 Å². The van der Waals surface area contributed by atoms with E-state index in [2.05, 4.69) is 22.4 Å². The van der Waals surface area contributed by atoms with Gasteiger partial charge in [0, 0.05) is 38.7 Å². The number of guanidine groups is 1. The number of halogens is 2. The molecule has 0 spiro atoms. The lowest BCUT2D eigenvalue weighted by atomic mass is 10.00. The van der Waals surface area contributed by atoms with Crippen molar-refractivity contribution in [1.82, 2.24) is 15.4 Å². The highest BCUT2D eigenvalue weighted by atomic mass is 127. The van der Waals surface area contributed by atoms with E-state index in [9.17, 15) is 4.39 Å². The maximum absolute atomic E-state index is 13.0. The Balaban J connectivity index is 0.00000312. The van der Waals surface area contributed by atoms with Gasteiger partial charge in [0.15, 0.2) is 5.96 Å². The molecular weight excluding hydrogens is 434 g/mol. The quantitative estimate of drug-likeness (QED) is 0.419. The van der Waals surface area contributed by atoms with E-state index in [1.54, 1.807) is 19.2 Å². The molecular formula is C18H26FIN4O. The summed E-state index contributed by atoms with van der Waals surface area (Å²) in [5, 5.41) is 7.38. The maximum Gasteiger partial charge on any atom is 0.193 e. The summed E-state index contributed by atoms with van der Waals surface area (Å²) in [5.74, 6) is 1.68. The van der Waals surface area contributed by atoms with Crippen LogP contribution >= 0.6 is 24.0 Å². The van der Waals surface area contributed by atoms with Crippen LogP contribution in [0.25, 0.3) is 0 Å². The minimum absolute atomic E-state index is 0. The smallest absolute Gasteiger partial charge is 0.193 e. The molecule has 1 unspecified atom stereocenters. The van der Waals surface area contributed by atoms with E-state index in [0.717, 1.165) is 35.1 Å². The monoisotopic (exact) mass is 460 g/mol. The summed E-state index contributed by atoms with van der Waals surface area (Å²) in [6.07, 6.45) is 0. The highest BCUT2D eigenvalue weighted by Crippen LogP contribution is 2.22. The second-order valence-corrected chi connectivity index (χ2v) is 6.05. The first-order chi connectivity index (χ1) is 11.4. The summed E-state index contributed by atoms with van der Waals surface area (Å²) in [4.78, 5) is 6.33. The van der Waals surface area contributed by atoms with Crippen molar-refractivity contribution in [3.05, 3.63) is 52.7 Å². The van der Waals surface area contributed by atoms with Gasteiger partial charge >= 0.3 is 0 Å². The van der Waals surface area contributed by atoms with Crippen LogP contribution in [-0.4, -0.2) is 36.7 Å². The van der Waals surface area contributed by atoms with Crippen LogP contribution in [0.4, 0.5) is 4.39 Å². The molecule has 138 valence electrons. The number of rotatable bonds is 5. The van der Waals surface area contributed by atoms with Crippen LogP contribution in [0, 0.1) is 19.7 Å². The summed E-state index contributed by atoms with van der Waals surface area (Å²) < 4.78 is 18.2. The summed E-state index contributed by atoms with van der Waals surface area (Å²) in [6.45, 7) is 7.40. The summed E-state index contributed by atoms with van der Waals surface area (Å²) in [6, 6.07) is 6.51. The topological polar surface area (TPSA) is 53.7 Å². The SMILES string of the molecule is CN=C(NCC(C)c1c(C)noc1C)N(C)Cc1ccc(F)cc1.I. The number of nitrogens with zero attached hydrogens (tertiary/aromatic N) is 3. The van der Waals surface area contributed by atoms with Gasteiger partial charge in [-0.25, -0.2) is 4.39 Å². The third kappa shape index (κ3) is 5.69. The predicted molar refractivity (Wildman–Crippen MR) is 109 cm³/mol. The van der Waals surface area contributed by atoms with E-state index < -0.39 is 0 Å². The fraction of sp³-hybridized carbons (Fsp3) is 0.444. The van der Waals surface area contributed by atoms with E-state index in [1.165, 1.54) is 12.1 Å². The highest BCUT2D eigenvalue weighted by Gasteiger charge is 2.17. The van der Waals surface area contributed by atoms with Gasteiger partial charge in [0.05, 0.1) is 5.69 Å². The second-order valence-electron chi connectivity index (χ2n) is 6.05. The van der Waals surface area contributed by atoms with Crippen molar-refractivity contribution in [3.8, 4) is 0 Å². The first-order valence-corrected chi connectivity index (χ1v) is 8.01. The average molecular weight is 460 g/mol. The Morgan fingerprint density at radius 1 is 1.32 bits per heavy atom. The summed E-state index contributed by atoms with van der Waals surface area (Å²) >= 11 is 0. The van der Waals surface area contributed by atoms with E-state index in [0.29, 0.717) is 6.54 Å². The number of aromatic nitrogens is 1. The van der Waals surface area contributed by atoms with E-state index in [4.69, 9.17) is 4.52 Å². The molecule has 0 aliphatic carbocycles. The van der Waals surface area contributed by atoms with Gasteiger partial charge in [-0.3, -0.25) is 4.99 Å². The molecule has 0 amide bonds. The summed E-state index contributed by atoms with van der Waals surface area (Å²) in [7, 11) is 3.71.